The molecule has 2 unspecified atom stereocenters. The van der Waals surface area contributed by atoms with Crippen LogP contribution in [0.1, 0.15) is 19.3 Å². The van der Waals surface area contributed by atoms with Gasteiger partial charge in [-0.2, -0.15) is 0 Å². The lowest BCUT2D eigenvalue weighted by atomic mass is 10.1. The van der Waals surface area contributed by atoms with Crippen molar-refractivity contribution >= 4 is 9.84 Å². The Kier molecular flexibility index (Phi) is 2.72. The van der Waals surface area contributed by atoms with Gasteiger partial charge in [0, 0.05) is 31.7 Å². The predicted octanol–water partition coefficient (Wildman–Crippen LogP) is -0.143. The molecule has 0 bridgehead atoms. The molecular weight excluding hydrogens is 224 g/mol. The van der Waals surface area contributed by atoms with Gasteiger partial charge in [0.25, 0.3) is 0 Å². The van der Waals surface area contributed by atoms with Gasteiger partial charge >= 0.3 is 0 Å². The van der Waals surface area contributed by atoms with Gasteiger partial charge in [-0.1, -0.05) is 0 Å². The Bertz CT molecular complexity index is 364. The Morgan fingerprint density at radius 1 is 1.19 bits per heavy atom. The lowest BCUT2D eigenvalue weighted by Crippen LogP contribution is -2.55. The summed E-state index contributed by atoms with van der Waals surface area (Å²) in [5.41, 5.74) is 0. The molecule has 92 valence electrons. The molecule has 5 heteroatoms. The first kappa shape index (κ1) is 11.0. The Labute approximate surface area is 97.3 Å². The van der Waals surface area contributed by atoms with Crippen molar-refractivity contribution in [3.05, 3.63) is 0 Å². The molecule has 2 aliphatic heterocycles. The molecule has 16 heavy (non-hydrogen) atoms. The normalized spacial score (nSPS) is 40.0. The van der Waals surface area contributed by atoms with Gasteiger partial charge in [0.1, 0.15) is 0 Å². The van der Waals surface area contributed by atoms with Crippen LogP contribution in [0.15, 0.2) is 0 Å². The molecule has 3 aliphatic rings. The average Bonchev–Trinajstić information content (AvgIpc) is 3.04. The molecule has 0 aromatic heterocycles. The van der Waals surface area contributed by atoms with Crippen molar-refractivity contribution in [1.29, 1.82) is 0 Å². The fraction of sp³-hybridized carbons (Fsp3) is 1.00. The van der Waals surface area contributed by atoms with Gasteiger partial charge in [0.15, 0.2) is 9.84 Å². The molecular formula is C11H20N2O2S. The molecule has 1 saturated carbocycles. The highest BCUT2D eigenvalue weighted by Crippen LogP contribution is 2.34. The third-order valence-electron chi connectivity index (χ3n) is 4.15. The van der Waals surface area contributed by atoms with Gasteiger partial charge < -0.3 is 5.32 Å². The van der Waals surface area contributed by atoms with E-state index in [1.165, 1.54) is 12.8 Å². The Morgan fingerprint density at radius 3 is 2.62 bits per heavy atom. The maximum Gasteiger partial charge on any atom is 0.151 e. The minimum atomic E-state index is -2.73. The first-order valence-corrected chi connectivity index (χ1v) is 8.14. The molecule has 0 aromatic rings. The maximum absolute atomic E-state index is 11.5. The molecule has 0 aromatic carbocycles. The molecule has 1 aliphatic carbocycles. The maximum atomic E-state index is 11.5. The summed E-state index contributed by atoms with van der Waals surface area (Å²) < 4.78 is 22.9. The SMILES string of the molecule is O=S1(=O)CCC(N2CCNC(C3CC3)C2)C1. The number of rotatable bonds is 2. The second-order valence-electron chi connectivity index (χ2n) is 5.45. The first-order chi connectivity index (χ1) is 7.64. The molecule has 2 atom stereocenters. The van der Waals surface area contributed by atoms with Gasteiger partial charge in [0.2, 0.25) is 0 Å². The molecule has 0 amide bonds. The lowest BCUT2D eigenvalue weighted by molar-refractivity contribution is 0.147. The number of hydrogen-bond donors (Lipinski definition) is 1. The van der Waals surface area contributed by atoms with Gasteiger partial charge in [-0.3, -0.25) is 4.90 Å². The van der Waals surface area contributed by atoms with E-state index in [4.69, 9.17) is 0 Å². The summed E-state index contributed by atoms with van der Waals surface area (Å²) in [6, 6.07) is 0.922. The van der Waals surface area contributed by atoms with Crippen LogP contribution in [0.5, 0.6) is 0 Å². The van der Waals surface area contributed by atoms with Crippen LogP contribution in [-0.2, 0) is 9.84 Å². The highest BCUT2D eigenvalue weighted by Gasteiger charge is 2.38. The van der Waals surface area contributed by atoms with E-state index in [9.17, 15) is 8.42 Å². The third-order valence-corrected chi connectivity index (χ3v) is 5.90. The van der Waals surface area contributed by atoms with E-state index in [1.807, 2.05) is 0 Å². The van der Waals surface area contributed by atoms with Crippen LogP contribution < -0.4 is 5.32 Å². The summed E-state index contributed by atoms with van der Waals surface area (Å²) in [7, 11) is -2.73. The monoisotopic (exact) mass is 244 g/mol. The van der Waals surface area contributed by atoms with Crippen molar-refractivity contribution in [2.24, 2.45) is 5.92 Å². The average molecular weight is 244 g/mol. The van der Waals surface area contributed by atoms with E-state index in [1.54, 1.807) is 0 Å². The van der Waals surface area contributed by atoms with Crippen LogP contribution in [0.2, 0.25) is 0 Å². The van der Waals surface area contributed by atoms with Crippen LogP contribution >= 0.6 is 0 Å². The molecule has 4 nitrogen and oxygen atoms in total. The standard InChI is InChI=1S/C11H20N2O2S/c14-16(15)6-3-10(8-16)13-5-4-12-11(7-13)9-1-2-9/h9-12H,1-8H2. The Morgan fingerprint density at radius 2 is 2.00 bits per heavy atom. The van der Waals surface area contributed by atoms with Crippen LogP contribution in [0.25, 0.3) is 0 Å². The topological polar surface area (TPSA) is 49.4 Å². The first-order valence-electron chi connectivity index (χ1n) is 6.32. The van der Waals surface area contributed by atoms with Crippen molar-refractivity contribution in [1.82, 2.24) is 10.2 Å². The van der Waals surface area contributed by atoms with E-state index in [-0.39, 0.29) is 0 Å². The summed E-state index contributed by atoms with van der Waals surface area (Å²) in [4.78, 5) is 2.41. The molecule has 1 N–H and O–H groups in total. The summed E-state index contributed by atoms with van der Waals surface area (Å²) in [5, 5.41) is 3.56. The van der Waals surface area contributed by atoms with Crippen molar-refractivity contribution in [3.63, 3.8) is 0 Å². The van der Waals surface area contributed by atoms with Crippen molar-refractivity contribution < 1.29 is 8.42 Å². The lowest BCUT2D eigenvalue weighted by Gasteiger charge is -2.37. The number of nitrogens with one attached hydrogen (secondary N) is 1. The van der Waals surface area contributed by atoms with Crippen LogP contribution in [0, 0.1) is 5.92 Å². The minimum Gasteiger partial charge on any atom is -0.311 e. The molecule has 3 fully saturated rings. The second-order valence-corrected chi connectivity index (χ2v) is 7.68. The smallest absolute Gasteiger partial charge is 0.151 e. The van der Waals surface area contributed by atoms with E-state index in [0.717, 1.165) is 32.0 Å². The van der Waals surface area contributed by atoms with Gasteiger partial charge in [-0.25, -0.2) is 8.42 Å². The zero-order valence-corrected chi connectivity index (χ0v) is 10.4. The Hall–Kier alpha value is -0.130. The van der Waals surface area contributed by atoms with Crippen molar-refractivity contribution in [3.8, 4) is 0 Å². The van der Waals surface area contributed by atoms with Gasteiger partial charge in [0.05, 0.1) is 11.5 Å². The van der Waals surface area contributed by atoms with E-state index in [0.29, 0.717) is 23.6 Å². The van der Waals surface area contributed by atoms with Crippen LogP contribution in [0.4, 0.5) is 0 Å². The zero-order valence-electron chi connectivity index (χ0n) is 9.56. The second kappa shape index (κ2) is 3.96. The molecule has 3 rings (SSSR count). The fourth-order valence-electron chi connectivity index (χ4n) is 3.01. The molecule has 0 spiro atoms. The van der Waals surface area contributed by atoms with Crippen molar-refractivity contribution in [2.75, 3.05) is 31.1 Å². The highest BCUT2D eigenvalue weighted by molar-refractivity contribution is 7.91. The van der Waals surface area contributed by atoms with Gasteiger partial charge in [-0.05, 0) is 25.2 Å². The summed E-state index contributed by atoms with van der Waals surface area (Å²) in [5.74, 6) is 1.65. The zero-order chi connectivity index (χ0) is 11.2. The summed E-state index contributed by atoms with van der Waals surface area (Å²) in [6.07, 6.45) is 3.56. The number of nitrogens with zero attached hydrogens (tertiary/aromatic N) is 1. The molecule has 2 heterocycles. The number of piperazine rings is 1. The van der Waals surface area contributed by atoms with Crippen LogP contribution in [0.3, 0.4) is 0 Å². The van der Waals surface area contributed by atoms with E-state index in [2.05, 4.69) is 10.2 Å². The quantitative estimate of drug-likeness (QED) is 0.734. The van der Waals surface area contributed by atoms with E-state index < -0.39 is 9.84 Å². The van der Waals surface area contributed by atoms with Gasteiger partial charge in [-0.15, -0.1) is 0 Å². The Balaban J connectivity index is 1.62. The summed E-state index contributed by atoms with van der Waals surface area (Å²) in [6.45, 7) is 3.10. The van der Waals surface area contributed by atoms with Crippen molar-refractivity contribution in [2.45, 2.75) is 31.3 Å². The number of sulfone groups is 1. The van der Waals surface area contributed by atoms with Crippen LogP contribution in [-0.4, -0.2) is 56.5 Å². The molecule has 0 radical (unpaired) electrons. The highest BCUT2D eigenvalue weighted by atomic mass is 32.2. The molecule has 2 saturated heterocycles. The minimum absolute atomic E-state index is 0.299. The predicted molar refractivity (Wildman–Crippen MR) is 63.1 cm³/mol. The number of hydrogen-bond acceptors (Lipinski definition) is 4. The third kappa shape index (κ3) is 2.26. The summed E-state index contributed by atoms with van der Waals surface area (Å²) >= 11 is 0. The van der Waals surface area contributed by atoms with E-state index >= 15 is 0 Å². The fourth-order valence-corrected chi connectivity index (χ4v) is 4.77. The largest absolute Gasteiger partial charge is 0.311 e.